The Hall–Kier alpha value is -2.29. The van der Waals surface area contributed by atoms with Gasteiger partial charge in [-0.15, -0.1) is 10.2 Å². The summed E-state index contributed by atoms with van der Waals surface area (Å²) in [7, 11) is 0. The molecule has 2 aromatic heterocycles. The van der Waals surface area contributed by atoms with Gasteiger partial charge in [0.2, 0.25) is 5.91 Å². The molecule has 30 heavy (non-hydrogen) atoms. The molecular weight excluding hydrogens is 424 g/mol. The first-order valence-corrected chi connectivity index (χ1v) is 11.2. The standard InChI is InChI=1S/C21H23ClN4O3S/c1-13-5-6-15(10-18(13)22)23-19(27)12-30-21-25-24-20(17-7-9-28-14(17)2)26(21)11-16-4-3-8-29-16/h5-7,9-10,16H,3-4,8,11-12H2,1-2H3,(H,23,27)/t16-/m1/s1. The van der Waals surface area contributed by atoms with Crippen LogP contribution in [0.15, 0.2) is 40.1 Å². The number of anilines is 1. The Labute approximate surface area is 184 Å². The highest BCUT2D eigenvalue weighted by molar-refractivity contribution is 7.99. The van der Waals surface area contributed by atoms with E-state index in [0.29, 0.717) is 22.4 Å². The number of hydrogen-bond donors (Lipinski definition) is 1. The van der Waals surface area contributed by atoms with Crippen LogP contribution in [0.2, 0.25) is 5.02 Å². The molecule has 0 unspecified atom stereocenters. The second kappa shape index (κ2) is 9.24. The quantitative estimate of drug-likeness (QED) is 0.529. The number of rotatable bonds is 7. The maximum absolute atomic E-state index is 12.5. The van der Waals surface area contributed by atoms with E-state index in [1.807, 2.05) is 36.6 Å². The van der Waals surface area contributed by atoms with E-state index < -0.39 is 0 Å². The minimum atomic E-state index is -0.132. The predicted molar refractivity (Wildman–Crippen MR) is 117 cm³/mol. The minimum Gasteiger partial charge on any atom is -0.469 e. The van der Waals surface area contributed by atoms with Gasteiger partial charge in [0.25, 0.3) is 0 Å². The molecule has 0 radical (unpaired) electrons. The van der Waals surface area contributed by atoms with Gasteiger partial charge in [0.05, 0.1) is 30.2 Å². The van der Waals surface area contributed by atoms with Gasteiger partial charge in [0.1, 0.15) is 5.76 Å². The summed E-state index contributed by atoms with van der Waals surface area (Å²) in [4.78, 5) is 12.5. The number of thioether (sulfide) groups is 1. The Morgan fingerprint density at radius 3 is 2.90 bits per heavy atom. The molecule has 1 aliphatic heterocycles. The fourth-order valence-corrected chi connectivity index (χ4v) is 4.29. The highest BCUT2D eigenvalue weighted by atomic mass is 35.5. The first-order chi connectivity index (χ1) is 14.5. The maximum atomic E-state index is 12.5. The lowest BCUT2D eigenvalue weighted by molar-refractivity contribution is -0.113. The van der Waals surface area contributed by atoms with E-state index in [2.05, 4.69) is 15.5 Å². The summed E-state index contributed by atoms with van der Waals surface area (Å²) in [6.07, 6.45) is 3.82. The molecular formula is C21H23ClN4O3S. The molecule has 1 atom stereocenters. The molecule has 0 aliphatic carbocycles. The summed E-state index contributed by atoms with van der Waals surface area (Å²) < 4.78 is 13.3. The summed E-state index contributed by atoms with van der Waals surface area (Å²) >= 11 is 7.49. The van der Waals surface area contributed by atoms with E-state index in [0.717, 1.165) is 42.2 Å². The zero-order valence-corrected chi connectivity index (χ0v) is 18.4. The van der Waals surface area contributed by atoms with E-state index >= 15 is 0 Å². The fraction of sp³-hybridized carbons (Fsp3) is 0.381. The summed E-state index contributed by atoms with van der Waals surface area (Å²) in [5, 5.41) is 12.9. The molecule has 9 heteroatoms. The fourth-order valence-electron chi connectivity index (χ4n) is 3.37. The topological polar surface area (TPSA) is 82.2 Å². The molecule has 1 N–H and O–H groups in total. The van der Waals surface area contributed by atoms with Crippen LogP contribution in [0.4, 0.5) is 5.69 Å². The van der Waals surface area contributed by atoms with Crippen LogP contribution >= 0.6 is 23.4 Å². The highest BCUT2D eigenvalue weighted by Gasteiger charge is 2.23. The third-order valence-corrected chi connectivity index (χ3v) is 6.39. The number of carbonyl (C=O) groups is 1. The Morgan fingerprint density at radius 1 is 1.33 bits per heavy atom. The molecule has 1 aromatic carbocycles. The average molecular weight is 447 g/mol. The number of furan rings is 1. The Bertz CT molecular complexity index is 1040. The van der Waals surface area contributed by atoms with Crippen LogP contribution in [0, 0.1) is 13.8 Å². The van der Waals surface area contributed by atoms with Crippen LogP contribution in [-0.4, -0.2) is 39.1 Å². The van der Waals surface area contributed by atoms with Crippen molar-refractivity contribution in [3.63, 3.8) is 0 Å². The van der Waals surface area contributed by atoms with E-state index in [1.165, 1.54) is 11.8 Å². The van der Waals surface area contributed by atoms with E-state index in [9.17, 15) is 4.79 Å². The van der Waals surface area contributed by atoms with Crippen LogP contribution in [0.25, 0.3) is 11.4 Å². The number of nitrogens with zero attached hydrogens (tertiary/aromatic N) is 3. The van der Waals surface area contributed by atoms with Gasteiger partial charge in [-0.3, -0.25) is 9.36 Å². The lowest BCUT2D eigenvalue weighted by Gasteiger charge is -2.14. The summed E-state index contributed by atoms with van der Waals surface area (Å²) in [6, 6.07) is 7.35. The summed E-state index contributed by atoms with van der Waals surface area (Å²) in [6.45, 7) is 5.23. The van der Waals surface area contributed by atoms with E-state index in [4.69, 9.17) is 20.8 Å². The van der Waals surface area contributed by atoms with Crippen molar-refractivity contribution in [3.8, 4) is 11.4 Å². The lowest BCUT2D eigenvalue weighted by Crippen LogP contribution is -2.18. The number of halogens is 1. The third-order valence-electron chi connectivity index (χ3n) is 5.01. The number of nitrogens with one attached hydrogen (secondary N) is 1. The molecule has 0 spiro atoms. The number of aryl methyl sites for hydroxylation is 2. The monoisotopic (exact) mass is 446 g/mol. The lowest BCUT2D eigenvalue weighted by atomic mass is 10.2. The average Bonchev–Trinajstić information content (AvgIpc) is 3.46. The van der Waals surface area contributed by atoms with Gasteiger partial charge in [-0.1, -0.05) is 29.4 Å². The predicted octanol–water partition coefficient (Wildman–Crippen LogP) is 4.72. The van der Waals surface area contributed by atoms with Crippen molar-refractivity contribution in [2.75, 3.05) is 17.7 Å². The van der Waals surface area contributed by atoms with Crippen molar-refractivity contribution < 1.29 is 13.9 Å². The molecule has 7 nitrogen and oxygen atoms in total. The summed E-state index contributed by atoms with van der Waals surface area (Å²) in [5.74, 6) is 1.58. The zero-order chi connectivity index (χ0) is 21.1. The largest absolute Gasteiger partial charge is 0.469 e. The van der Waals surface area contributed by atoms with Crippen molar-refractivity contribution in [3.05, 3.63) is 46.9 Å². The van der Waals surface area contributed by atoms with Crippen molar-refractivity contribution in [1.29, 1.82) is 0 Å². The van der Waals surface area contributed by atoms with Crippen molar-refractivity contribution in [2.45, 2.75) is 44.5 Å². The second-order valence-corrected chi connectivity index (χ2v) is 8.59. The van der Waals surface area contributed by atoms with Crippen LogP contribution in [0.3, 0.4) is 0 Å². The number of amides is 1. The van der Waals surface area contributed by atoms with Crippen LogP contribution < -0.4 is 5.32 Å². The molecule has 3 aromatic rings. The Kier molecular flexibility index (Phi) is 6.46. The Balaban J connectivity index is 1.48. The van der Waals surface area contributed by atoms with Crippen molar-refractivity contribution in [1.82, 2.24) is 14.8 Å². The van der Waals surface area contributed by atoms with Crippen molar-refractivity contribution in [2.24, 2.45) is 0 Å². The number of hydrogen-bond acceptors (Lipinski definition) is 6. The highest BCUT2D eigenvalue weighted by Crippen LogP contribution is 2.29. The van der Waals surface area contributed by atoms with Gasteiger partial charge in [-0.05, 0) is 50.5 Å². The Morgan fingerprint density at radius 2 is 2.20 bits per heavy atom. The molecule has 1 fully saturated rings. The number of aromatic nitrogens is 3. The molecule has 1 saturated heterocycles. The van der Waals surface area contributed by atoms with Crippen LogP contribution in [-0.2, 0) is 16.1 Å². The summed E-state index contributed by atoms with van der Waals surface area (Å²) in [5.41, 5.74) is 2.53. The minimum absolute atomic E-state index is 0.120. The van der Waals surface area contributed by atoms with Gasteiger partial charge in [0, 0.05) is 17.3 Å². The number of benzene rings is 1. The van der Waals surface area contributed by atoms with Gasteiger partial charge in [0.15, 0.2) is 11.0 Å². The smallest absolute Gasteiger partial charge is 0.234 e. The number of carbonyl (C=O) groups excluding carboxylic acids is 1. The SMILES string of the molecule is Cc1ccc(NC(=O)CSc2nnc(-c3ccoc3C)n2C[C@H]2CCCO2)cc1Cl. The van der Waals surface area contributed by atoms with Crippen LogP contribution in [0.1, 0.15) is 24.2 Å². The molecule has 1 aliphatic rings. The van der Waals surface area contributed by atoms with E-state index in [-0.39, 0.29) is 17.8 Å². The first kappa shape index (κ1) is 21.0. The van der Waals surface area contributed by atoms with Gasteiger partial charge in [-0.25, -0.2) is 0 Å². The molecule has 3 heterocycles. The third kappa shape index (κ3) is 4.71. The molecule has 1 amide bonds. The molecule has 0 saturated carbocycles. The number of ether oxygens (including phenoxy) is 1. The van der Waals surface area contributed by atoms with Gasteiger partial charge in [-0.2, -0.15) is 0 Å². The zero-order valence-electron chi connectivity index (χ0n) is 16.9. The van der Waals surface area contributed by atoms with E-state index in [1.54, 1.807) is 12.3 Å². The molecule has 4 rings (SSSR count). The second-order valence-electron chi connectivity index (χ2n) is 7.24. The normalized spacial score (nSPS) is 16.2. The molecule has 0 bridgehead atoms. The first-order valence-electron chi connectivity index (χ1n) is 9.79. The maximum Gasteiger partial charge on any atom is 0.234 e. The van der Waals surface area contributed by atoms with Gasteiger partial charge >= 0.3 is 0 Å². The van der Waals surface area contributed by atoms with Crippen molar-refractivity contribution >= 4 is 35.0 Å². The van der Waals surface area contributed by atoms with Crippen LogP contribution in [0.5, 0.6) is 0 Å². The van der Waals surface area contributed by atoms with Gasteiger partial charge < -0.3 is 14.5 Å². The molecule has 158 valence electrons.